The van der Waals surface area contributed by atoms with E-state index in [9.17, 15) is 4.79 Å². The minimum atomic E-state index is -0.201. The van der Waals surface area contributed by atoms with E-state index in [1.165, 1.54) is 0 Å². The Morgan fingerprint density at radius 1 is 1.00 bits per heavy atom. The minimum Gasteiger partial charge on any atom is -0.341 e. The molecule has 20 heavy (non-hydrogen) atoms. The van der Waals surface area contributed by atoms with Crippen LogP contribution in [0.2, 0.25) is 0 Å². The third-order valence-electron chi connectivity index (χ3n) is 3.30. The van der Waals surface area contributed by atoms with Gasteiger partial charge in [0.05, 0.1) is 5.52 Å². The summed E-state index contributed by atoms with van der Waals surface area (Å²) in [6, 6.07) is 19.3. The van der Waals surface area contributed by atoms with Crippen molar-refractivity contribution in [3.8, 4) is 6.07 Å². The maximum atomic E-state index is 12.1. The number of hydrogen-bond acceptors (Lipinski definition) is 2. The van der Waals surface area contributed by atoms with Gasteiger partial charge >= 0.3 is 0 Å². The van der Waals surface area contributed by atoms with Gasteiger partial charge in [0.1, 0.15) is 11.6 Å². The first-order chi connectivity index (χ1) is 9.79. The van der Waals surface area contributed by atoms with Gasteiger partial charge in [-0.2, -0.15) is 5.26 Å². The van der Waals surface area contributed by atoms with Gasteiger partial charge in [0.2, 0.25) is 5.43 Å². The molecule has 0 spiro atoms. The summed E-state index contributed by atoms with van der Waals surface area (Å²) in [4.78, 5) is 12.1. The molecule has 0 unspecified atom stereocenters. The number of hydrogen-bond donors (Lipinski definition) is 0. The summed E-state index contributed by atoms with van der Waals surface area (Å²) in [7, 11) is 0. The Bertz CT molecular complexity index is 858. The first kappa shape index (κ1) is 12.2. The van der Waals surface area contributed by atoms with E-state index in [1.54, 1.807) is 12.3 Å². The fraction of sp³-hybridized carbons (Fsp3) is 0.0588. The Labute approximate surface area is 116 Å². The van der Waals surface area contributed by atoms with Gasteiger partial charge in [0, 0.05) is 18.1 Å². The van der Waals surface area contributed by atoms with E-state index in [0.717, 1.165) is 11.1 Å². The van der Waals surface area contributed by atoms with Crippen molar-refractivity contribution in [3.63, 3.8) is 0 Å². The number of nitrogens with zero attached hydrogens (tertiary/aromatic N) is 2. The van der Waals surface area contributed by atoms with Gasteiger partial charge in [0.25, 0.3) is 0 Å². The van der Waals surface area contributed by atoms with Crippen molar-refractivity contribution in [3.05, 3.63) is 82.1 Å². The van der Waals surface area contributed by atoms with Gasteiger partial charge in [-0.05, 0) is 17.7 Å². The quantitative estimate of drug-likeness (QED) is 0.711. The molecule has 0 saturated heterocycles. The summed E-state index contributed by atoms with van der Waals surface area (Å²) in [5.41, 5.74) is 1.96. The van der Waals surface area contributed by atoms with E-state index in [1.807, 2.05) is 59.2 Å². The number of nitriles is 1. The summed E-state index contributed by atoms with van der Waals surface area (Å²) in [5, 5.41) is 9.69. The van der Waals surface area contributed by atoms with Crippen molar-refractivity contribution in [1.82, 2.24) is 4.57 Å². The molecular formula is C17H12N2O. The molecule has 3 heteroatoms. The highest BCUT2D eigenvalue weighted by Crippen LogP contribution is 2.13. The fourth-order valence-electron chi connectivity index (χ4n) is 2.34. The molecule has 96 valence electrons. The lowest BCUT2D eigenvalue weighted by Crippen LogP contribution is -2.13. The normalized spacial score (nSPS) is 10.3. The Kier molecular flexibility index (Phi) is 3.06. The number of aromatic nitrogens is 1. The molecular weight excluding hydrogens is 248 g/mol. The van der Waals surface area contributed by atoms with Crippen LogP contribution in [0.15, 0.2) is 65.6 Å². The molecule has 0 saturated carbocycles. The molecule has 0 atom stereocenters. The lowest BCUT2D eigenvalue weighted by Gasteiger charge is -2.11. The summed E-state index contributed by atoms with van der Waals surface area (Å²) >= 11 is 0. The summed E-state index contributed by atoms with van der Waals surface area (Å²) in [6.07, 6.45) is 1.64. The van der Waals surface area contributed by atoms with Gasteiger partial charge < -0.3 is 4.57 Å². The Balaban J connectivity index is 2.23. The molecule has 1 heterocycles. The van der Waals surface area contributed by atoms with Gasteiger partial charge in [-0.1, -0.05) is 42.5 Å². The predicted molar refractivity (Wildman–Crippen MR) is 78.5 cm³/mol. The Morgan fingerprint density at radius 3 is 2.45 bits per heavy atom. The second kappa shape index (κ2) is 5.02. The summed E-state index contributed by atoms with van der Waals surface area (Å²) in [5.74, 6) is 0. The highest BCUT2D eigenvalue weighted by atomic mass is 16.1. The lowest BCUT2D eigenvalue weighted by molar-refractivity contribution is 0.823. The van der Waals surface area contributed by atoms with Crippen LogP contribution in [0.1, 0.15) is 11.1 Å². The molecule has 1 aromatic heterocycles. The molecule has 0 amide bonds. The summed E-state index contributed by atoms with van der Waals surface area (Å²) in [6.45, 7) is 0.635. The molecule has 0 aliphatic carbocycles. The number of pyridine rings is 1. The second-order valence-corrected chi connectivity index (χ2v) is 4.61. The van der Waals surface area contributed by atoms with Gasteiger partial charge in [0.15, 0.2) is 0 Å². The number of benzene rings is 2. The van der Waals surface area contributed by atoms with Gasteiger partial charge in [-0.3, -0.25) is 4.79 Å². The van der Waals surface area contributed by atoms with Crippen molar-refractivity contribution in [2.45, 2.75) is 6.54 Å². The highest BCUT2D eigenvalue weighted by Gasteiger charge is 2.08. The number of rotatable bonds is 2. The van der Waals surface area contributed by atoms with E-state index in [4.69, 9.17) is 5.26 Å². The van der Waals surface area contributed by atoms with Crippen LogP contribution in [0.25, 0.3) is 10.9 Å². The predicted octanol–water partition coefficient (Wildman–Crippen LogP) is 2.92. The number of para-hydroxylation sites is 1. The van der Waals surface area contributed by atoms with E-state index in [-0.39, 0.29) is 11.0 Å². The van der Waals surface area contributed by atoms with Crippen molar-refractivity contribution in [2.24, 2.45) is 0 Å². The van der Waals surface area contributed by atoms with E-state index >= 15 is 0 Å². The van der Waals surface area contributed by atoms with Crippen LogP contribution >= 0.6 is 0 Å². The molecule has 3 aromatic rings. The monoisotopic (exact) mass is 260 g/mol. The van der Waals surface area contributed by atoms with Crippen LogP contribution in [0, 0.1) is 11.3 Å². The van der Waals surface area contributed by atoms with Gasteiger partial charge in [-0.25, -0.2) is 0 Å². The Morgan fingerprint density at radius 2 is 1.70 bits per heavy atom. The molecule has 3 rings (SSSR count). The molecule has 3 nitrogen and oxygen atoms in total. The minimum absolute atomic E-state index is 0.180. The molecule has 0 radical (unpaired) electrons. The van der Waals surface area contributed by atoms with E-state index in [2.05, 4.69) is 0 Å². The van der Waals surface area contributed by atoms with Crippen LogP contribution < -0.4 is 5.43 Å². The van der Waals surface area contributed by atoms with Crippen LogP contribution in [-0.2, 0) is 6.54 Å². The smallest absolute Gasteiger partial charge is 0.207 e. The molecule has 0 aliphatic heterocycles. The Hall–Kier alpha value is -2.86. The first-order valence-corrected chi connectivity index (χ1v) is 6.36. The zero-order valence-electron chi connectivity index (χ0n) is 10.8. The van der Waals surface area contributed by atoms with Crippen molar-refractivity contribution in [1.29, 1.82) is 5.26 Å². The third-order valence-corrected chi connectivity index (χ3v) is 3.30. The van der Waals surface area contributed by atoms with Crippen LogP contribution in [0.5, 0.6) is 0 Å². The first-order valence-electron chi connectivity index (χ1n) is 6.36. The lowest BCUT2D eigenvalue weighted by atomic mass is 10.1. The van der Waals surface area contributed by atoms with Crippen LogP contribution in [0.4, 0.5) is 0 Å². The van der Waals surface area contributed by atoms with Crippen molar-refractivity contribution in [2.75, 3.05) is 0 Å². The average Bonchev–Trinajstić information content (AvgIpc) is 2.51. The van der Waals surface area contributed by atoms with Crippen molar-refractivity contribution >= 4 is 10.9 Å². The van der Waals surface area contributed by atoms with Gasteiger partial charge in [-0.15, -0.1) is 0 Å². The largest absolute Gasteiger partial charge is 0.341 e. The topological polar surface area (TPSA) is 45.8 Å². The highest BCUT2D eigenvalue weighted by molar-refractivity contribution is 5.80. The molecule has 0 N–H and O–H groups in total. The second-order valence-electron chi connectivity index (χ2n) is 4.61. The maximum Gasteiger partial charge on any atom is 0.207 e. The zero-order chi connectivity index (χ0) is 13.9. The zero-order valence-corrected chi connectivity index (χ0v) is 10.8. The number of fused-ring (bicyclic) bond motifs is 1. The molecule has 0 fully saturated rings. The average molecular weight is 260 g/mol. The van der Waals surface area contributed by atoms with Crippen LogP contribution in [-0.4, -0.2) is 4.57 Å². The third kappa shape index (κ3) is 2.08. The standard InChI is InChI=1S/C17H12N2O/c18-10-14-12-19(11-13-6-2-1-3-7-13)16-9-5-4-8-15(16)17(14)20/h1-9,12H,11H2. The fourth-order valence-corrected chi connectivity index (χ4v) is 2.34. The van der Waals surface area contributed by atoms with Crippen LogP contribution in [0.3, 0.4) is 0 Å². The molecule has 0 bridgehead atoms. The maximum absolute atomic E-state index is 12.1. The van der Waals surface area contributed by atoms with E-state index < -0.39 is 0 Å². The van der Waals surface area contributed by atoms with Crippen molar-refractivity contribution < 1.29 is 0 Å². The SMILES string of the molecule is N#Cc1cn(Cc2ccccc2)c2ccccc2c1=O. The van der Waals surface area contributed by atoms with E-state index in [0.29, 0.717) is 11.9 Å². The molecule has 0 aliphatic rings. The molecule has 2 aromatic carbocycles. The summed E-state index contributed by atoms with van der Waals surface area (Å²) < 4.78 is 1.95.